The van der Waals surface area contributed by atoms with Crippen molar-refractivity contribution in [2.24, 2.45) is 0 Å². The maximum absolute atomic E-state index is 5.86. The summed E-state index contributed by atoms with van der Waals surface area (Å²) in [5, 5.41) is 3.89. The van der Waals surface area contributed by atoms with E-state index in [1.54, 1.807) is 0 Å². The fourth-order valence-corrected chi connectivity index (χ4v) is 1.43. The first kappa shape index (κ1) is 8.57. The lowest BCUT2D eigenvalue weighted by Gasteiger charge is -2.01. The fraction of sp³-hybridized carbons (Fsp3) is 0.333. The van der Waals surface area contributed by atoms with Crippen LogP contribution in [0.1, 0.15) is 11.1 Å². The van der Waals surface area contributed by atoms with Crippen molar-refractivity contribution < 1.29 is 0 Å². The topological polar surface area (TPSA) is 12.0 Å². The van der Waals surface area contributed by atoms with Crippen LogP contribution >= 0.6 is 11.6 Å². The molecule has 0 spiro atoms. The Bertz CT molecular complexity index is 225. The summed E-state index contributed by atoms with van der Waals surface area (Å²) in [4.78, 5) is 0. The van der Waals surface area contributed by atoms with Crippen molar-refractivity contribution >= 4 is 11.6 Å². The molecule has 0 atom stereocenters. The Balaban J connectivity index is 2.89. The summed E-state index contributed by atoms with van der Waals surface area (Å²) in [5.74, 6) is 0. The monoisotopic (exact) mass is 169 g/mol. The van der Waals surface area contributed by atoms with Crippen LogP contribution in [0.4, 0.5) is 0 Å². The normalized spacial score (nSPS) is 10.1. The van der Waals surface area contributed by atoms with Crippen molar-refractivity contribution in [3.8, 4) is 0 Å². The van der Waals surface area contributed by atoms with E-state index in [9.17, 15) is 0 Å². The zero-order valence-electron chi connectivity index (χ0n) is 6.82. The van der Waals surface area contributed by atoms with Gasteiger partial charge in [-0.25, -0.2) is 0 Å². The van der Waals surface area contributed by atoms with Gasteiger partial charge in [0, 0.05) is 11.6 Å². The Morgan fingerprint density at radius 2 is 2.09 bits per heavy atom. The first-order chi connectivity index (χ1) is 5.22. The molecule has 2 heteroatoms. The summed E-state index contributed by atoms with van der Waals surface area (Å²) in [5.41, 5.74) is 2.44. The van der Waals surface area contributed by atoms with E-state index >= 15 is 0 Å². The zero-order chi connectivity index (χ0) is 8.27. The third kappa shape index (κ3) is 2.52. The summed E-state index contributed by atoms with van der Waals surface area (Å²) in [6.45, 7) is 2.92. The predicted octanol–water partition coefficient (Wildman–Crippen LogP) is 2.37. The Morgan fingerprint density at radius 3 is 2.64 bits per heavy atom. The molecular weight excluding hydrogens is 158 g/mol. The van der Waals surface area contributed by atoms with Crippen molar-refractivity contribution in [2.45, 2.75) is 13.5 Å². The molecule has 11 heavy (non-hydrogen) atoms. The standard InChI is InChI=1S/C9H12ClN/c1-7-3-8(6-11-2)5-9(10)4-7/h3-5,11H,6H2,1-2H3. The maximum atomic E-state index is 5.86. The number of aryl methyl sites for hydroxylation is 1. The minimum Gasteiger partial charge on any atom is -0.316 e. The average molecular weight is 170 g/mol. The molecule has 0 saturated carbocycles. The molecule has 1 aromatic carbocycles. The third-order valence-corrected chi connectivity index (χ3v) is 1.70. The second kappa shape index (κ2) is 3.74. The summed E-state index contributed by atoms with van der Waals surface area (Å²) >= 11 is 5.86. The zero-order valence-corrected chi connectivity index (χ0v) is 7.57. The van der Waals surface area contributed by atoms with Crippen LogP contribution in [0.2, 0.25) is 5.02 Å². The van der Waals surface area contributed by atoms with Crippen LogP contribution in [0.5, 0.6) is 0 Å². The van der Waals surface area contributed by atoms with Crippen molar-refractivity contribution in [1.82, 2.24) is 5.32 Å². The van der Waals surface area contributed by atoms with Gasteiger partial charge in [-0.2, -0.15) is 0 Å². The molecule has 1 aromatic rings. The largest absolute Gasteiger partial charge is 0.316 e. The highest BCUT2D eigenvalue weighted by Crippen LogP contribution is 2.13. The number of hydrogen-bond acceptors (Lipinski definition) is 1. The lowest BCUT2D eigenvalue weighted by atomic mass is 10.1. The molecular formula is C9H12ClN. The highest BCUT2D eigenvalue weighted by molar-refractivity contribution is 6.30. The van der Waals surface area contributed by atoms with Gasteiger partial charge in [-0.3, -0.25) is 0 Å². The van der Waals surface area contributed by atoms with Crippen LogP contribution in [0.15, 0.2) is 18.2 Å². The molecule has 1 rings (SSSR count). The summed E-state index contributed by atoms with van der Waals surface area (Å²) < 4.78 is 0. The molecule has 0 aliphatic heterocycles. The number of halogens is 1. The fourth-order valence-electron chi connectivity index (χ4n) is 1.12. The number of rotatable bonds is 2. The van der Waals surface area contributed by atoms with E-state index in [0.717, 1.165) is 11.6 Å². The van der Waals surface area contributed by atoms with Gasteiger partial charge in [0.05, 0.1) is 0 Å². The van der Waals surface area contributed by atoms with Crippen LogP contribution < -0.4 is 5.32 Å². The first-order valence-electron chi connectivity index (χ1n) is 3.63. The number of nitrogens with one attached hydrogen (secondary N) is 1. The predicted molar refractivity (Wildman–Crippen MR) is 49.0 cm³/mol. The minimum absolute atomic E-state index is 0.815. The molecule has 1 nitrogen and oxygen atoms in total. The van der Waals surface area contributed by atoms with Crippen molar-refractivity contribution in [2.75, 3.05) is 7.05 Å². The van der Waals surface area contributed by atoms with Crippen LogP contribution in [-0.2, 0) is 6.54 Å². The summed E-state index contributed by atoms with van der Waals surface area (Å²) in [6.07, 6.45) is 0. The van der Waals surface area contributed by atoms with Gasteiger partial charge in [0.25, 0.3) is 0 Å². The van der Waals surface area contributed by atoms with E-state index in [0.29, 0.717) is 0 Å². The highest BCUT2D eigenvalue weighted by atomic mass is 35.5. The van der Waals surface area contributed by atoms with Crippen LogP contribution in [0.25, 0.3) is 0 Å². The maximum Gasteiger partial charge on any atom is 0.0411 e. The second-order valence-electron chi connectivity index (χ2n) is 2.67. The molecule has 0 amide bonds. The lowest BCUT2D eigenvalue weighted by Crippen LogP contribution is -2.04. The van der Waals surface area contributed by atoms with Crippen LogP contribution in [0.3, 0.4) is 0 Å². The second-order valence-corrected chi connectivity index (χ2v) is 3.10. The molecule has 0 radical (unpaired) electrons. The number of benzene rings is 1. The number of hydrogen-bond donors (Lipinski definition) is 1. The molecule has 0 heterocycles. The van der Waals surface area contributed by atoms with Gasteiger partial charge < -0.3 is 5.32 Å². The van der Waals surface area contributed by atoms with E-state index in [2.05, 4.69) is 11.4 Å². The molecule has 0 fully saturated rings. The van der Waals surface area contributed by atoms with Crippen LogP contribution in [-0.4, -0.2) is 7.05 Å². The molecule has 0 aromatic heterocycles. The Hall–Kier alpha value is -0.530. The molecule has 60 valence electrons. The van der Waals surface area contributed by atoms with Crippen LogP contribution in [0, 0.1) is 6.92 Å². The molecule has 0 aliphatic rings. The molecule has 1 N–H and O–H groups in total. The van der Waals surface area contributed by atoms with E-state index in [1.807, 2.05) is 26.1 Å². The van der Waals surface area contributed by atoms with Gasteiger partial charge in [0.2, 0.25) is 0 Å². The lowest BCUT2D eigenvalue weighted by molar-refractivity contribution is 0.817. The molecule has 0 bridgehead atoms. The summed E-state index contributed by atoms with van der Waals surface area (Å²) in [7, 11) is 1.93. The van der Waals surface area contributed by atoms with Gasteiger partial charge in [0.1, 0.15) is 0 Å². The third-order valence-electron chi connectivity index (χ3n) is 1.48. The molecule has 0 unspecified atom stereocenters. The van der Waals surface area contributed by atoms with Crippen molar-refractivity contribution in [3.05, 3.63) is 34.3 Å². The van der Waals surface area contributed by atoms with E-state index in [1.165, 1.54) is 11.1 Å². The average Bonchev–Trinajstić information content (AvgIpc) is 1.85. The minimum atomic E-state index is 0.815. The van der Waals surface area contributed by atoms with Gasteiger partial charge in [-0.1, -0.05) is 17.7 Å². The van der Waals surface area contributed by atoms with Gasteiger partial charge in [-0.15, -0.1) is 0 Å². The van der Waals surface area contributed by atoms with Crippen molar-refractivity contribution in [1.29, 1.82) is 0 Å². The quantitative estimate of drug-likeness (QED) is 0.717. The first-order valence-corrected chi connectivity index (χ1v) is 4.01. The van der Waals surface area contributed by atoms with E-state index in [-0.39, 0.29) is 0 Å². The Labute approximate surface area is 72.4 Å². The van der Waals surface area contributed by atoms with Crippen molar-refractivity contribution in [3.63, 3.8) is 0 Å². The SMILES string of the molecule is CNCc1cc(C)cc(Cl)c1. The van der Waals surface area contributed by atoms with E-state index < -0.39 is 0 Å². The summed E-state index contributed by atoms with van der Waals surface area (Å²) in [6, 6.07) is 6.06. The smallest absolute Gasteiger partial charge is 0.0411 e. The Morgan fingerprint density at radius 1 is 1.36 bits per heavy atom. The molecule has 0 aliphatic carbocycles. The van der Waals surface area contributed by atoms with Gasteiger partial charge in [-0.05, 0) is 37.2 Å². The van der Waals surface area contributed by atoms with Gasteiger partial charge in [0.15, 0.2) is 0 Å². The Kier molecular flexibility index (Phi) is 2.92. The van der Waals surface area contributed by atoms with Gasteiger partial charge >= 0.3 is 0 Å². The highest BCUT2D eigenvalue weighted by Gasteiger charge is 1.94. The van der Waals surface area contributed by atoms with E-state index in [4.69, 9.17) is 11.6 Å². The molecule has 0 saturated heterocycles.